The van der Waals surface area contributed by atoms with Gasteiger partial charge in [-0.1, -0.05) is 30.3 Å². The molecule has 2 aromatic heterocycles. The first-order valence-electron chi connectivity index (χ1n) is 7.90. The van der Waals surface area contributed by atoms with Crippen LogP contribution in [0.3, 0.4) is 0 Å². The van der Waals surface area contributed by atoms with E-state index < -0.39 is 0 Å². The summed E-state index contributed by atoms with van der Waals surface area (Å²) in [5, 5.41) is 1.04. The molecule has 1 aliphatic rings. The molecule has 0 aliphatic carbocycles. The van der Waals surface area contributed by atoms with Crippen LogP contribution in [0, 0.1) is 0 Å². The van der Waals surface area contributed by atoms with Crippen molar-refractivity contribution in [1.29, 1.82) is 0 Å². The number of nitrogens with zero attached hydrogens (tertiary/aromatic N) is 3. The molecule has 0 bridgehead atoms. The first-order valence-corrected chi connectivity index (χ1v) is 7.90. The fourth-order valence-electron chi connectivity index (χ4n) is 3.82. The Kier molecular flexibility index (Phi) is 2.37. The van der Waals surface area contributed by atoms with Crippen LogP contribution < -0.4 is 0 Å². The summed E-state index contributed by atoms with van der Waals surface area (Å²) in [4.78, 5) is 17.9. The number of aromatic nitrogens is 3. The van der Waals surface area contributed by atoms with Gasteiger partial charge in [-0.2, -0.15) is 0 Å². The summed E-state index contributed by atoms with van der Waals surface area (Å²) >= 11 is 0. The number of hydrogen-bond acceptors (Lipinski definition) is 2. The van der Waals surface area contributed by atoms with Crippen LogP contribution in [0.4, 0.5) is 0 Å². The highest BCUT2D eigenvalue weighted by Gasteiger charge is 2.31. The molecular weight excluding hydrogens is 286 g/mol. The molecule has 0 saturated carbocycles. The third-order valence-electron chi connectivity index (χ3n) is 4.77. The van der Waals surface area contributed by atoms with Gasteiger partial charge < -0.3 is 4.57 Å². The van der Waals surface area contributed by atoms with Crippen molar-refractivity contribution < 1.29 is 4.79 Å². The minimum atomic E-state index is 0.0401. The average molecular weight is 301 g/mol. The van der Waals surface area contributed by atoms with E-state index in [0.29, 0.717) is 6.42 Å². The van der Waals surface area contributed by atoms with Crippen molar-refractivity contribution in [2.45, 2.75) is 19.9 Å². The third kappa shape index (κ3) is 1.50. The Morgan fingerprint density at radius 1 is 1.04 bits per heavy atom. The van der Waals surface area contributed by atoms with E-state index >= 15 is 0 Å². The fraction of sp³-hybridized carbons (Fsp3) is 0.158. The molecule has 5 rings (SSSR count). The van der Waals surface area contributed by atoms with E-state index in [1.807, 2.05) is 42.5 Å². The van der Waals surface area contributed by atoms with Crippen molar-refractivity contribution in [3.05, 3.63) is 65.6 Å². The maximum Gasteiger partial charge on any atom is 0.266 e. The SMILES string of the molecule is CCn1c2c(c3ccccc31)C(=O)n1c(nc3ccccc31)C2. The lowest BCUT2D eigenvalue weighted by Crippen LogP contribution is -2.23. The first-order chi connectivity index (χ1) is 11.3. The number of aryl methyl sites for hydroxylation is 1. The summed E-state index contributed by atoms with van der Waals surface area (Å²) in [6, 6.07) is 16.0. The smallest absolute Gasteiger partial charge is 0.266 e. The van der Waals surface area contributed by atoms with Crippen molar-refractivity contribution in [1.82, 2.24) is 14.1 Å². The maximum atomic E-state index is 13.2. The van der Waals surface area contributed by atoms with Gasteiger partial charge in [-0.15, -0.1) is 0 Å². The Bertz CT molecular complexity index is 1100. The van der Waals surface area contributed by atoms with Gasteiger partial charge in [0.1, 0.15) is 5.82 Å². The molecule has 3 heterocycles. The number of carbonyl (C=O) groups is 1. The second-order valence-electron chi connectivity index (χ2n) is 5.92. The standard InChI is InChI=1S/C19H15N3O/c1-2-21-14-9-5-3-7-12(14)18-16(21)11-17-20-13-8-4-6-10-15(13)22(17)19(18)23/h3-10H,2,11H2,1H3. The van der Waals surface area contributed by atoms with Gasteiger partial charge in [0, 0.05) is 29.6 Å². The van der Waals surface area contributed by atoms with Crippen molar-refractivity contribution in [2.24, 2.45) is 0 Å². The Labute approximate surface area is 133 Å². The van der Waals surface area contributed by atoms with E-state index in [2.05, 4.69) is 22.5 Å². The van der Waals surface area contributed by atoms with E-state index in [0.717, 1.165) is 45.6 Å². The van der Waals surface area contributed by atoms with Crippen molar-refractivity contribution >= 4 is 27.8 Å². The van der Waals surface area contributed by atoms with Crippen LogP contribution in [0.1, 0.15) is 28.8 Å². The largest absolute Gasteiger partial charge is 0.344 e. The Morgan fingerprint density at radius 3 is 2.61 bits per heavy atom. The van der Waals surface area contributed by atoms with Crippen LogP contribution in [-0.2, 0) is 13.0 Å². The van der Waals surface area contributed by atoms with E-state index in [-0.39, 0.29) is 5.91 Å². The summed E-state index contributed by atoms with van der Waals surface area (Å²) in [6.07, 6.45) is 0.693. The molecule has 1 aliphatic heterocycles. The minimum absolute atomic E-state index is 0.0401. The number of hydrogen-bond donors (Lipinski definition) is 0. The second kappa shape index (κ2) is 4.32. The lowest BCUT2D eigenvalue weighted by Gasteiger charge is -2.16. The van der Waals surface area contributed by atoms with Gasteiger partial charge in [0.2, 0.25) is 0 Å². The molecule has 4 nitrogen and oxygen atoms in total. The lowest BCUT2D eigenvalue weighted by molar-refractivity contribution is 0.0957. The van der Waals surface area contributed by atoms with Crippen LogP contribution in [-0.4, -0.2) is 20.0 Å². The highest BCUT2D eigenvalue weighted by Crippen LogP contribution is 2.33. The zero-order chi connectivity index (χ0) is 15.6. The highest BCUT2D eigenvalue weighted by atomic mass is 16.2. The topological polar surface area (TPSA) is 39.8 Å². The van der Waals surface area contributed by atoms with Crippen molar-refractivity contribution in [3.8, 4) is 0 Å². The highest BCUT2D eigenvalue weighted by molar-refractivity contribution is 6.13. The molecule has 4 heteroatoms. The molecule has 0 fully saturated rings. The summed E-state index contributed by atoms with van der Waals surface area (Å²) in [7, 11) is 0. The summed E-state index contributed by atoms with van der Waals surface area (Å²) in [5.74, 6) is 0.875. The third-order valence-corrected chi connectivity index (χ3v) is 4.77. The number of carbonyl (C=O) groups excluding carboxylic acids is 1. The summed E-state index contributed by atoms with van der Waals surface area (Å²) < 4.78 is 4.02. The van der Waals surface area contributed by atoms with Crippen LogP contribution in [0.25, 0.3) is 21.9 Å². The number of fused-ring (bicyclic) bond motifs is 6. The fourth-order valence-corrected chi connectivity index (χ4v) is 3.82. The molecule has 23 heavy (non-hydrogen) atoms. The summed E-state index contributed by atoms with van der Waals surface area (Å²) in [6.45, 7) is 2.97. The van der Waals surface area contributed by atoms with Gasteiger partial charge >= 0.3 is 0 Å². The normalized spacial score (nSPS) is 13.5. The predicted molar refractivity (Wildman–Crippen MR) is 89.9 cm³/mol. The van der Waals surface area contributed by atoms with E-state index in [9.17, 15) is 4.79 Å². The van der Waals surface area contributed by atoms with Crippen LogP contribution >= 0.6 is 0 Å². The van der Waals surface area contributed by atoms with Crippen molar-refractivity contribution in [2.75, 3.05) is 0 Å². The predicted octanol–water partition coefficient (Wildman–Crippen LogP) is 3.60. The molecule has 0 saturated heterocycles. The molecule has 2 aromatic carbocycles. The van der Waals surface area contributed by atoms with Crippen LogP contribution in [0.2, 0.25) is 0 Å². The van der Waals surface area contributed by atoms with Crippen LogP contribution in [0.15, 0.2) is 48.5 Å². The van der Waals surface area contributed by atoms with Gasteiger partial charge in [-0.25, -0.2) is 4.98 Å². The zero-order valence-corrected chi connectivity index (χ0v) is 12.8. The zero-order valence-electron chi connectivity index (χ0n) is 12.8. The Morgan fingerprint density at radius 2 is 1.78 bits per heavy atom. The molecule has 0 amide bonds. The number of benzene rings is 2. The second-order valence-corrected chi connectivity index (χ2v) is 5.92. The van der Waals surface area contributed by atoms with Gasteiger partial charge in [0.05, 0.1) is 16.6 Å². The van der Waals surface area contributed by atoms with E-state index in [4.69, 9.17) is 0 Å². The Balaban J connectivity index is 1.88. The Hall–Kier alpha value is -2.88. The minimum Gasteiger partial charge on any atom is -0.344 e. The molecule has 0 spiro atoms. The van der Waals surface area contributed by atoms with Gasteiger partial charge in [0.15, 0.2) is 0 Å². The molecule has 112 valence electrons. The van der Waals surface area contributed by atoms with Crippen molar-refractivity contribution in [3.63, 3.8) is 0 Å². The van der Waals surface area contributed by atoms with Gasteiger partial charge in [0.25, 0.3) is 5.91 Å². The van der Waals surface area contributed by atoms with Gasteiger partial charge in [-0.05, 0) is 25.1 Å². The quantitative estimate of drug-likeness (QED) is 0.474. The number of imidazole rings is 1. The van der Waals surface area contributed by atoms with E-state index in [1.165, 1.54) is 0 Å². The van der Waals surface area contributed by atoms with Crippen LogP contribution in [0.5, 0.6) is 0 Å². The molecule has 0 unspecified atom stereocenters. The monoisotopic (exact) mass is 301 g/mol. The maximum absolute atomic E-state index is 13.2. The first kappa shape index (κ1) is 12.6. The lowest BCUT2D eigenvalue weighted by atomic mass is 10.0. The number of para-hydroxylation sites is 3. The number of rotatable bonds is 1. The summed E-state index contributed by atoms with van der Waals surface area (Å²) in [5.41, 5.74) is 4.82. The molecule has 4 aromatic rings. The average Bonchev–Trinajstić information content (AvgIpc) is 3.10. The molecule has 0 atom stereocenters. The molecular formula is C19H15N3O. The molecule has 0 N–H and O–H groups in total. The van der Waals surface area contributed by atoms with E-state index in [1.54, 1.807) is 4.57 Å². The van der Waals surface area contributed by atoms with Gasteiger partial charge in [-0.3, -0.25) is 9.36 Å². The molecule has 0 radical (unpaired) electrons.